The fourth-order valence-corrected chi connectivity index (χ4v) is 3.43. The summed E-state index contributed by atoms with van der Waals surface area (Å²) >= 11 is 0. The number of carbonyl (C=O) groups excluding carboxylic acids is 1. The molecular weight excluding hydrogens is 148 g/mol. The second-order valence-electron chi connectivity index (χ2n) is 5.36. The van der Waals surface area contributed by atoms with E-state index in [1.807, 2.05) is 0 Å². The van der Waals surface area contributed by atoms with Crippen molar-refractivity contribution in [1.29, 1.82) is 0 Å². The van der Waals surface area contributed by atoms with Gasteiger partial charge in [0.2, 0.25) is 6.29 Å². The van der Waals surface area contributed by atoms with Crippen LogP contribution in [0.5, 0.6) is 0 Å². The van der Waals surface area contributed by atoms with E-state index >= 15 is 0 Å². The van der Waals surface area contributed by atoms with Crippen LogP contribution in [-0.4, -0.2) is 6.29 Å². The molecule has 1 radical (unpaired) electrons. The van der Waals surface area contributed by atoms with Gasteiger partial charge >= 0.3 is 0 Å². The van der Waals surface area contributed by atoms with Crippen LogP contribution >= 0.6 is 0 Å². The maximum Gasteiger partial charge on any atom is 0.202 e. The second-order valence-corrected chi connectivity index (χ2v) is 5.36. The lowest BCUT2D eigenvalue weighted by Gasteiger charge is -2.34. The zero-order valence-electron chi connectivity index (χ0n) is 8.18. The summed E-state index contributed by atoms with van der Waals surface area (Å²) in [5, 5.41) is 0. The third kappa shape index (κ3) is 0.725. The Morgan fingerprint density at radius 3 is 2.25 bits per heavy atom. The Morgan fingerprint density at radius 1 is 1.33 bits per heavy atom. The van der Waals surface area contributed by atoms with Crippen LogP contribution in [0.25, 0.3) is 0 Å². The molecule has 0 amide bonds. The van der Waals surface area contributed by atoms with Gasteiger partial charge in [0, 0.05) is 5.92 Å². The molecule has 0 aromatic heterocycles. The lowest BCUT2D eigenvalue weighted by atomic mass is 9.71. The summed E-state index contributed by atoms with van der Waals surface area (Å²) in [7, 11) is 0. The average Bonchev–Trinajstić information content (AvgIpc) is 2.33. The van der Waals surface area contributed by atoms with E-state index in [1.54, 1.807) is 0 Å². The molecule has 3 atom stereocenters. The van der Waals surface area contributed by atoms with Gasteiger partial charge in [-0.2, -0.15) is 0 Å². The minimum atomic E-state index is 0.235. The first-order chi connectivity index (χ1) is 5.51. The Bertz CT molecular complexity index is 216. The van der Waals surface area contributed by atoms with Crippen LogP contribution in [0.2, 0.25) is 0 Å². The molecule has 2 aliphatic carbocycles. The molecule has 2 aliphatic rings. The number of hydrogen-bond donors (Lipinski definition) is 0. The molecular formula is C11H17O. The lowest BCUT2D eigenvalue weighted by molar-refractivity contribution is 0.152. The molecule has 0 aromatic rings. The van der Waals surface area contributed by atoms with Crippen LogP contribution in [0.3, 0.4) is 0 Å². The van der Waals surface area contributed by atoms with Gasteiger partial charge in [-0.05, 0) is 36.0 Å². The van der Waals surface area contributed by atoms with E-state index in [9.17, 15) is 4.79 Å². The van der Waals surface area contributed by atoms with Gasteiger partial charge in [-0.25, -0.2) is 0 Å². The quantitative estimate of drug-likeness (QED) is 0.583. The summed E-state index contributed by atoms with van der Waals surface area (Å²) in [4.78, 5) is 10.7. The van der Waals surface area contributed by atoms with Crippen molar-refractivity contribution in [2.24, 2.45) is 22.7 Å². The Labute approximate surface area is 74.5 Å². The van der Waals surface area contributed by atoms with E-state index in [-0.39, 0.29) is 5.92 Å². The van der Waals surface area contributed by atoms with Crippen molar-refractivity contribution in [1.82, 2.24) is 0 Å². The molecule has 12 heavy (non-hydrogen) atoms. The molecule has 67 valence electrons. The normalized spacial score (nSPS) is 49.6. The van der Waals surface area contributed by atoms with E-state index in [0.717, 1.165) is 6.42 Å². The Morgan fingerprint density at radius 2 is 2.00 bits per heavy atom. The van der Waals surface area contributed by atoms with Crippen molar-refractivity contribution in [2.45, 2.75) is 40.0 Å². The van der Waals surface area contributed by atoms with Gasteiger partial charge in [-0.1, -0.05) is 20.8 Å². The standard InChI is InChI=1S/C11H17O/c1-10(2)9-4-5-11(10,3)6-8(9)7-12/h8-9H,4-6H2,1-3H3. The van der Waals surface area contributed by atoms with E-state index in [0.29, 0.717) is 16.7 Å². The van der Waals surface area contributed by atoms with Gasteiger partial charge in [0.1, 0.15) is 0 Å². The first-order valence-electron chi connectivity index (χ1n) is 4.89. The zero-order valence-corrected chi connectivity index (χ0v) is 8.18. The van der Waals surface area contributed by atoms with Crippen LogP contribution in [0, 0.1) is 22.7 Å². The number of fused-ring (bicyclic) bond motifs is 2. The highest BCUT2D eigenvalue weighted by Gasteiger charge is 2.60. The van der Waals surface area contributed by atoms with Gasteiger partial charge in [0.05, 0.1) is 0 Å². The average molecular weight is 165 g/mol. The molecule has 0 heterocycles. The molecule has 1 heteroatoms. The van der Waals surface area contributed by atoms with Crippen LogP contribution in [0.4, 0.5) is 0 Å². The van der Waals surface area contributed by atoms with Gasteiger partial charge < -0.3 is 0 Å². The Balaban J connectivity index is 2.36. The Kier molecular flexibility index (Phi) is 1.47. The SMILES string of the molecule is CC12CCC(C([C]=O)C1)C2(C)C. The fourth-order valence-electron chi connectivity index (χ4n) is 3.43. The van der Waals surface area contributed by atoms with Crippen LogP contribution in [0.15, 0.2) is 0 Å². The molecule has 2 bridgehead atoms. The predicted molar refractivity (Wildman–Crippen MR) is 48.4 cm³/mol. The lowest BCUT2D eigenvalue weighted by Crippen LogP contribution is -2.26. The summed E-state index contributed by atoms with van der Waals surface area (Å²) in [6.07, 6.45) is 5.85. The van der Waals surface area contributed by atoms with Crippen molar-refractivity contribution >= 4 is 6.29 Å². The van der Waals surface area contributed by atoms with Crippen molar-refractivity contribution in [2.75, 3.05) is 0 Å². The summed E-state index contributed by atoms with van der Waals surface area (Å²) in [6, 6.07) is 0. The highest BCUT2D eigenvalue weighted by Crippen LogP contribution is 2.67. The second kappa shape index (κ2) is 2.12. The monoisotopic (exact) mass is 165 g/mol. The molecule has 0 spiro atoms. The molecule has 2 saturated carbocycles. The topological polar surface area (TPSA) is 17.1 Å². The summed E-state index contributed by atoms with van der Waals surface area (Å²) in [5.74, 6) is 0.846. The van der Waals surface area contributed by atoms with Gasteiger partial charge in [-0.15, -0.1) is 0 Å². The Hall–Kier alpha value is -0.330. The predicted octanol–water partition coefficient (Wildman–Crippen LogP) is 2.56. The molecule has 2 fully saturated rings. The molecule has 2 rings (SSSR count). The van der Waals surface area contributed by atoms with E-state index in [4.69, 9.17) is 0 Å². The van der Waals surface area contributed by atoms with Gasteiger partial charge in [0.15, 0.2) is 0 Å². The summed E-state index contributed by atoms with van der Waals surface area (Å²) < 4.78 is 0. The van der Waals surface area contributed by atoms with E-state index in [1.165, 1.54) is 12.8 Å². The van der Waals surface area contributed by atoms with Crippen molar-refractivity contribution < 1.29 is 4.79 Å². The summed E-state index contributed by atoms with van der Waals surface area (Å²) in [5.41, 5.74) is 0.787. The molecule has 3 unspecified atom stereocenters. The van der Waals surface area contributed by atoms with Crippen molar-refractivity contribution in [3.63, 3.8) is 0 Å². The van der Waals surface area contributed by atoms with Crippen LogP contribution in [0.1, 0.15) is 40.0 Å². The highest BCUT2D eigenvalue weighted by molar-refractivity contribution is 5.57. The van der Waals surface area contributed by atoms with Gasteiger partial charge in [0.25, 0.3) is 0 Å². The first kappa shape index (κ1) is 8.28. The minimum absolute atomic E-state index is 0.235. The molecule has 0 aliphatic heterocycles. The maximum atomic E-state index is 10.7. The smallest absolute Gasteiger partial charge is 0.202 e. The van der Waals surface area contributed by atoms with E-state index < -0.39 is 0 Å². The minimum Gasteiger partial charge on any atom is -0.291 e. The number of hydrogen-bond acceptors (Lipinski definition) is 1. The van der Waals surface area contributed by atoms with E-state index in [2.05, 4.69) is 27.1 Å². The third-order valence-corrected chi connectivity index (χ3v) is 4.80. The van der Waals surface area contributed by atoms with Crippen molar-refractivity contribution in [3.05, 3.63) is 0 Å². The molecule has 1 nitrogen and oxygen atoms in total. The van der Waals surface area contributed by atoms with Gasteiger partial charge in [-0.3, -0.25) is 4.79 Å². The summed E-state index contributed by atoms with van der Waals surface area (Å²) in [6.45, 7) is 6.98. The molecule has 0 aromatic carbocycles. The number of rotatable bonds is 1. The zero-order chi connectivity index (χ0) is 8.98. The third-order valence-electron chi connectivity index (χ3n) is 4.80. The molecule has 0 saturated heterocycles. The van der Waals surface area contributed by atoms with Crippen LogP contribution < -0.4 is 0 Å². The largest absolute Gasteiger partial charge is 0.291 e. The highest BCUT2D eigenvalue weighted by atomic mass is 16.1. The van der Waals surface area contributed by atoms with Crippen molar-refractivity contribution in [3.8, 4) is 0 Å². The first-order valence-corrected chi connectivity index (χ1v) is 4.89. The molecule has 0 N–H and O–H groups in total. The van der Waals surface area contributed by atoms with Crippen LogP contribution in [-0.2, 0) is 4.79 Å². The fraction of sp³-hybridized carbons (Fsp3) is 0.909. The maximum absolute atomic E-state index is 10.7.